The highest BCUT2D eigenvalue weighted by Crippen LogP contribution is 2.35. The van der Waals surface area contributed by atoms with E-state index in [2.05, 4.69) is 0 Å². The van der Waals surface area contributed by atoms with Crippen molar-refractivity contribution >= 4 is 11.9 Å². The van der Waals surface area contributed by atoms with Crippen LogP contribution in [0.1, 0.15) is 25.0 Å². The van der Waals surface area contributed by atoms with Gasteiger partial charge in [-0.05, 0) is 60.1 Å². The molecule has 12 atom stereocenters. The average Bonchev–Trinajstić information content (AvgIpc) is 3.02. The molecule has 2 aromatic carbocycles. The molecule has 2 fully saturated rings. The van der Waals surface area contributed by atoms with Crippen LogP contribution >= 0.6 is 0 Å². The largest absolute Gasteiger partial charge is 0.504 e. The molecule has 2 unspecified atom stereocenters. The Morgan fingerprint density at radius 3 is 1.51 bits per heavy atom. The summed E-state index contributed by atoms with van der Waals surface area (Å²) in [5.74, 6) is -3.08. The number of aliphatic hydroxyl groups excluding tert-OH is 6. The molecule has 0 spiro atoms. The number of hydrogen-bond donors (Lipinski definition) is 9. The molecule has 2 aromatic rings. The van der Waals surface area contributed by atoms with Crippen LogP contribution in [0, 0.1) is 11.8 Å². The Hall–Kier alpha value is -3.74. The van der Waals surface area contributed by atoms with Gasteiger partial charge in [-0.25, -0.2) is 9.59 Å². The molecule has 16 heteroatoms. The van der Waals surface area contributed by atoms with Gasteiger partial charge in [0.1, 0.15) is 36.6 Å². The lowest BCUT2D eigenvalue weighted by molar-refractivity contribution is -0.271. The second kappa shape index (κ2) is 15.0. The fourth-order valence-electron chi connectivity index (χ4n) is 5.42. The molecule has 0 bridgehead atoms. The number of carboxylic acids is 2. The Bertz CT molecular complexity index is 1400. The van der Waals surface area contributed by atoms with Crippen LogP contribution in [-0.4, -0.2) is 126 Å². The van der Waals surface area contributed by atoms with Crippen LogP contribution in [0.5, 0.6) is 23.0 Å². The van der Waals surface area contributed by atoms with Crippen LogP contribution in [0.3, 0.4) is 0 Å². The molecule has 0 aromatic heterocycles. The first-order chi connectivity index (χ1) is 22.1. The fraction of sp³-hybridized carbons (Fsp3) is 0.548. The summed E-state index contributed by atoms with van der Waals surface area (Å²) in [7, 11) is 1.39. The van der Waals surface area contributed by atoms with Crippen molar-refractivity contribution in [1.29, 1.82) is 0 Å². The first-order valence-electron chi connectivity index (χ1n) is 14.8. The Morgan fingerprint density at radius 1 is 0.660 bits per heavy atom. The number of carbonyl (C=O) groups is 2. The van der Waals surface area contributed by atoms with E-state index in [1.165, 1.54) is 19.2 Å². The molecule has 9 N–H and O–H groups in total. The Labute approximate surface area is 268 Å². The minimum atomic E-state index is -1.88. The third-order valence-corrected chi connectivity index (χ3v) is 8.45. The summed E-state index contributed by atoms with van der Waals surface area (Å²) in [5.41, 5.74) is 1.53. The molecule has 4 rings (SSSR count). The summed E-state index contributed by atoms with van der Waals surface area (Å²) in [6.07, 6.45) is -16.9. The molecule has 260 valence electrons. The molecule has 2 heterocycles. The maximum atomic E-state index is 11.5. The average molecular weight is 669 g/mol. The highest BCUT2D eigenvalue weighted by molar-refractivity contribution is 5.74. The molecule has 16 nitrogen and oxygen atoms in total. The summed E-state index contributed by atoms with van der Waals surface area (Å²) < 4.78 is 26.8. The van der Waals surface area contributed by atoms with Gasteiger partial charge in [-0.15, -0.1) is 0 Å². The third kappa shape index (κ3) is 8.05. The molecule has 0 saturated carbocycles. The van der Waals surface area contributed by atoms with E-state index in [1.807, 2.05) is 13.8 Å². The predicted molar refractivity (Wildman–Crippen MR) is 157 cm³/mol. The number of aromatic hydroxyl groups is 1. The van der Waals surface area contributed by atoms with Gasteiger partial charge in [0.25, 0.3) is 0 Å². The number of rotatable bonds is 12. The number of hydrogen-bond acceptors (Lipinski definition) is 14. The molecule has 0 amide bonds. The Kier molecular flexibility index (Phi) is 11.5. The van der Waals surface area contributed by atoms with Crippen molar-refractivity contribution in [2.75, 3.05) is 7.11 Å². The number of methoxy groups -OCH3 is 1. The van der Waals surface area contributed by atoms with Crippen molar-refractivity contribution in [3.63, 3.8) is 0 Å². The monoisotopic (exact) mass is 668 g/mol. The van der Waals surface area contributed by atoms with Crippen molar-refractivity contribution in [2.45, 2.75) is 88.1 Å². The van der Waals surface area contributed by atoms with Gasteiger partial charge in [-0.3, -0.25) is 0 Å². The lowest BCUT2D eigenvalue weighted by atomic mass is 9.85. The van der Waals surface area contributed by atoms with Crippen molar-refractivity contribution in [1.82, 2.24) is 0 Å². The van der Waals surface area contributed by atoms with Gasteiger partial charge in [0.05, 0.1) is 7.11 Å². The second-order valence-corrected chi connectivity index (χ2v) is 11.9. The highest BCUT2D eigenvalue weighted by atomic mass is 16.7. The lowest BCUT2D eigenvalue weighted by Crippen LogP contribution is -2.61. The maximum Gasteiger partial charge on any atom is 0.335 e. The zero-order valence-corrected chi connectivity index (χ0v) is 25.7. The van der Waals surface area contributed by atoms with Crippen molar-refractivity contribution in [3.8, 4) is 23.0 Å². The first kappa shape index (κ1) is 36.1. The van der Waals surface area contributed by atoms with E-state index < -0.39 is 73.4 Å². The maximum absolute atomic E-state index is 11.5. The van der Waals surface area contributed by atoms with E-state index in [1.54, 1.807) is 24.3 Å². The smallest absolute Gasteiger partial charge is 0.335 e. The van der Waals surface area contributed by atoms with Crippen LogP contribution in [0.2, 0.25) is 0 Å². The molecule has 0 radical (unpaired) electrons. The summed E-state index contributed by atoms with van der Waals surface area (Å²) >= 11 is 0. The standard InChI is InChI=1S/C31H40O16/c1-12(8-14-4-6-17(16(32)10-14)44-30-24(37)20(33)22(35)26(46-30)28(39)40)13(2)9-15-5-7-18(43-3)19(11-15)45-31-25(38)21(34)23(36)27(47-31)29(41)42/h4-7,10-13,20-27,30-38H,8-9H2,1-3H3,(H,39,40)(H,41,42)/t12?,13?,20-,21-,22-,23-,24+,25+,26-,27-,30+,31+/m0/s1. The van der Waals surface area contributed by atoms with Gasteiger partial charge in [0, 0.05) is 0 Å². The molecule has 2 aliphatic rings. The normalized spacial score (nSPS) is 32.2. The van der Waals surface area contributed by atoms with Gasteiger partial charge >= 0.3 is 11.9 Å². The number of benzene rings is 2. The van der Waals surface area contributed by atoms with Crippen molar-refractivity contribution < 1.29 is 79.2 Å². The minimum absolute atomic E-state index is 0.0561. The van der Waals surface area contributed by atoms with E-state index in [0.717, 1.165) is 11.1 Å². The lowest BCUT2D eigenvalue weighted by Gasteiger charge is -2.38. The van der Waals surface area contributed by atoms with Gasteiger partial charge in [-0.1, -0.05) is 26.0 Å². The van der Waals surface area contributed by atoms with Crippen LogP contribution in [0.15, 0.2) is 36.4 Å². The van der Waals surface area contributed by atoms with E-state index in [4.69, 9.17) is 23.7 Å². The predicted octanol–water partition coefficient (Wildman–Crippen LogP) is -1.000. The first-order valence-corrected chi connectivity index (χ1v) is 14.8. The summed E-state index contributed by atoms with van der Waals surface area (Å²) in [6.45, 7) is 4.01. The van der Waals surface area contributed by atoms with Crippen LogP contribution in [0.4, 0.5) is 0 Å². The molecule has 2 saturated heterocycles. The number of aliphatic hydroxyl groups is 6. The van der Waals surface area contributed by atoms with Gasteiger partial charge in [0.15, 0.2) is 35.2 Å². The van der Waals surface area contributed by atoms with E-state index in [0.29, 0.717) is 12.8 Å². The second-order valence-electron chi connectivity index (χ2n) is 11.9. The zero-order valence-electron chi connectivity index (χ0n) is 25.7. The fourth-order valence-corrected chi connectivity index (χ4v) is 5.42. The van der Waals surface area contributed by atoms with Gasteiger partial charge in [0.2, 0.25) is 12.6 Å². The van der Waals surface area contributed by atoms with Gasteiger partial charge < -0.3 is 69.6 Å². The van der Waals surface area contributed by atoms with E-state index in [9.17, 15) is 55.5 Å². The number of carboxylic acid groups (broad SMARTS) is 2. The minimum Gasteiger partial charge on any atom is -0.504 e. The molecular weight excluding hydrogens is 628 g/mol. The van der Waals surface area contributed by atoms with Crippen LogP contribution in [0.25, 0.3) is 0 Å². The molecule has 2 aliphatic heterocycles. The van der Waals surface area contributed by atoms with Crippen LogP contribution < -0.4 is 14.2 Å². The summed E-state index contributed by atoms with van der Waals surface area (Å²) in [5, 5.41) is 89.6. The topological polar surface area (TPSA) is 262 Å². The molecule has 0 aliphatic carbocycles. The van der Waals surface area contributed by atoms with Crippen molar-refractivity contribution in [3.05, 3.63) is 47.5 Å². The number of ether oxygens (including phenoxy) is 5. The van der Waals surface area contributed by atoms with E-state index in [-0.39, 0.29) is 34.8 Å². The zero-order chi connectivity index (χ0) is 34.7. The van der Waals surface area contributed by atoms with Crippen LogP contribution in [-0.2, 0) is 31.9 Å². The summed E-state index contributed by atoms with van der Waals surface area (Å²) in [4.78, 5) is 22.8. The highest BCUT2D eigenvalue weighted by Gasteiger charge is 2.49. The van der Waals surface area contributed by atoms with E-state index >= 15 is 0 Å². The van der Waals surface area contributed by atoms with Crippen molar-refractivity contribution in [2.24, 2.45) is 11.8 Å². The number of aliphatic carboxylic acids is 2. The third-order valence-electron chi connectivity index (χ3n) is 8.45. The molecule has 47 heavy (non-hydrogen) atoms. The number of phenols is 1. The Morgan fingerprint density at radius 2 is 1.09 bits per heavy atom. The quantitative estimate of drug-likeness (QED) is 0.131. The summed E-state index contributed by atoms with van der Waals surface area (Å²) in [6, 6.07) is 9.58. The number of phenolic OH excluding ortho intramolecular Hbond substituents is 1. The Balaban J connectivity index is 1.40. The SMILES string of the molecule is COc1ccc(CC(C)C(C)Cc2ccc(O[C@@H]3O[C@H](C(=O)O)[C@@H](O)[C@H](O)[C@H]3O)c(O)c2)cc1O[C@@H]1O[C@H](C(=O)O)[C@@H](O)[C@H](O)[C@H]1O. The molecular formula is C31H40O16. The van der Waals surface area contributed by atoms with Gasteiger partial charge in [-0.2, -0.15) is 0 Å².